The summed E-state index contributed by atoms with van der Waals surface area (Å²) in [6.45, 7) is 4.05. The highest BCUT2D eigenvalue weighted by Crippen LogP contribution is 2.16. The van der Waals surface area contributed by atoms with Crippen LogP contribution in [0.15, 0.2) is 12.4 Å². The van der Waals surface area contributed by atoms with Crippen LogP contribution in [0.1, 0.15) is 32.1 Å². The number of aryl methyl sites for hydroxylation is 1. The van der Waals surface area contributed by atoms with Gasteiger partial charge in [0, 0.05) is 19.3 Å². The Morgan fingerprint density at radius 2 is 2.29 bits per heavy atom. The molecule has 0 saturated carbocycles. The van der Waals surface area contributed by atoms with E-state index in [1.54, 1.807) is 6.20 Å². The van der Waals surface area contributed by atoms with E-state index in [9.17, 15) is 0 Å². The molecule has 1 saturated heterocycles. The molecule has 1 aromatic heterocycles. The van der Waals surface area contributed by atoms with Gasteiger partial charge in [-0.1, -0.05) is 5.21 Å². The number of nitrogens with zero attached hydrogens (tertiary/aromatic N) is 3. The second-order valence-corrected chi connectivity index (χ2v) is 4.55. The van der Waals surface area contributed by atoms with Gasteiger partial charge in [0.05, 0.1) is 12.3 Å². The second kappa shape index (κ2) is 7.40. The molecule has 1 fully saturated rings. The van der Waals surface area contributed by atoms with Gasteiger partial charge in [-0.15, -0.1) is 5.10 Å². The van der Waals surface area contributed by atoms with Gasteiger partial charge >= 0.3 is 0 Å². The molecule has 1 aromatic rings. The summed E-state index contributed by atoms with van der Waals surface area (Å²) in [5.74, 6) is 0. The van der Waals surface area contributed by atoms with Gasteiger partial charge in [-0.3, -0.25) is 4.68 Å². The number of nitrogens with one attached hydrogen (secondary N) is 1. The van der Waals surface area contributed by atoms with E-state index in [0.29, 0.717) is 6.10 Å². The Bertz CT molecular complexity index is 283. The lowest BCUT2D eigenvalue weighted by Crippen LogP contribution is -2.19. The predicted octanol–water partition coefficient (Wildman–Crippen LogP) is 1.22. The molecule has 0 aromatic carbocycles. The summed E-state index contributed by atoms with van der Waals surface area (Å²) >= 11 is 0. The molecule has 0 bridgehead atoms. The topological polar surface area (TPSA) is 52.0 Å². The summed E-state index contributed by atoms with van der Waals surface area (Å²) in [4.78, 5) is 0. The maximum Gasteiger partial charge on any atom is 0.0692 e. The molecule has 5 heteroatoms. The first-order valence-corrected chi connectivity index (χ1v) is 6.61. The zero-order chi connectivity index (χ0) is 11.8. The minimum atomic E-state index is 0.534. The quantitative estimate of drug-likeness (QED) is 0.692. The van der Waals surface area contributed by atoms with Crippen LogP contribution in [0.25, 0.3) is 0 Å². The zero-order valence-electron chi connectivity index (χ0n) is 10.3. The van der Waals surface area contributed by atoms with Crippen molar-refractivity contribution >= 4 is 0 Å². The van der Waals surface area contributed by atoms with Crippen LogP contribution in [0.2, 0.25) is 0 Å². The largest absolute Gasteiger partial charge is 0.378 e. The Hall–Kier alpha value is -0.940. The van der Waals surface area contributed by atoms with Gasteiger partial charge in [0.15, 0.2) is 0 Å². The normalized spacial score (nSPS) is 19.9. The highest BCUT2D eigenvalue weighted by molar-refractivity contribution is 4.66. The third kappa shape index (κ3) is 4.83. The average Bonchev–Trinajstić information content (AvgIpc) is 3.00. The van der Waals surface area contributed by atoms with E-state index in [0.717, 1.165) is 32.7 Å². The lowest BCUT2D eigenvalue weighted by atomic mass is 10.1. The van der Waals surface area contributed by atoms with E-state index in [2.05, 4.69) is 15.6 Å². The van der Waals surface area contributed by atoms with Crippen LogP contribution >= 0.6 is 0 Å². The van der Waals surface area contributed by atoms with Crippen LogP contribution in [0, 0.1) is 0 Å². The van der Waals surface area contributed by atoms with Gasteiger partial charge in [0.2, 0.25) is 0 Å². The molecule has 1 atom stereocenters. The fourth-order valence-electron chi connectivity index (χ4n) is 2.17. The first-order chi connectivity index (χ1) is 8.45. The summed E-state index contributed by atoms with van der Waals surface area (Å²) in [7, 11) is 0. The Balaban J connectivity index is 1.39. The smallest absolute Gasteiger partial charge is 0.0692 e. The number of aromatic nitrogens is 3. The van der Waals surface area contributed by atoms with Gasteiger partial charge in [-0.25, -0.2) is 0 Å². The molecule has 0 spiro atoms. The van der Waals surface area contributed by atoms with Crippen molar-refractivity contribution in [2.24, 2.45) is 0 Å². The molecule has 17 heavy (non-hydrogen) atoms. The third-order valence-electron chi connectivity index (χ3n) is 3.12. The monoisotopic (exact) mass is 238 g/mol. The van der Waals surface area contributed by atoms with E-state index in [1.807, 2.05) is 10.9 Å². The Labute approximate surface area is 103 Å². The van der Waals surface area contributed by atoms with Gasteiger partial charge < -0.3 is 10.1 Å². The van der Waals surface area contributed by atoms with Crippen LogP contribution in [0.3, 0.4) is 0 Å². The second-order valence-electron chi connectivity index (χ2n) is 4.55. The number of ether oxygens (including phenoxy) is 1. The lowest BCUT2D eigenvalue weighted by molar-refractivity contribution is 0.102. The zero-order valence-corrected chi connectivity index (χ0v) is 10.3. The Morgan fingerprint density at radius 1 is 1.35 bits per heavy atom. The highest BCUT2D eigenvalue weighted by Gasteiger charge is 2.14. The molecule has 96 valence electrons. The van der Waals surface area contributed by atoms with Gasteiger partial charge in [-0.05, 0) is 45.2 Å². The van der Waals surface area contributed by atoms with Crippen molar-refractivity contribution in [3.63, 3.8) is 0 Å². The molecule has 1 N–H and O–H groups in total. The fraction of sp³-hybridized carbons (Fsp3) is 0.833. The number of hydrogen-bond donors (Lipinski definition) is 1. The minimum Gasteiger partial charge on any atom is -0.378 e. The Kier molecular flexibility index (Phi) is 5.45. The molecule has 2 rings (SSSR count). The molecule has 0 amide bonds. The van der Waals surface area contributed by atoms with Crippen LogP contribution in [-0.2, 0) is 11.3 Å². The summed E-state index contributed by atoms with van der Waals surface area (Å²) in [5, 5.41) is 11.2. The standard InChI is InChI=1S/C12H22N4O/c1(4-12-5-2-11-17-12)6-13-7-3-9-16-10-8-14-15-16/h8,10,12-13H,1-7,9,11H2. The van der Waals surface area contributed by atoms with E-state index in [4.69, 9.17) is 4.74 Å². The number of rotatable bonds is 8. The first kappa shape index (κ1) is 12.5. The van der Waals surface area contributed by atoms with E-state index < -0.39 is 0 Å². The van der Waals surface area contributed by atoms with Crippen LogP contribution < -0.4 is 5.32 Å². The number of hydrogen-bond acceptors (Lipinski definition) is 4. The highest BCUT2D eigenvalue weighted by atomic mass is 16.5. The molecule has 1 unspecified atom stereocenters. The maximum absolute atomic E-state index is 5.58. The van der Waals surface area contributed by atoms with Gasteiger partial charge in [0.25, 0.3) is 0 Å². The SMILES string of the molecule is c1cn(CCCNCCCC2CCCO2)nn1. The van der Waals surface area contributed by atoms with Crippen molar-refractivity contribution in [3.05, 3.63) is 12.4 Å². The third-order valence-corrected chi connectivity index (χ3v) is 3.12. The van der Waals surface area contributed by atoms with Crippen molar-refractivity contribution in [1.29, 1.82) is 0 Å². The van der Waals surface area contributed by atoms with Gasteiger partial charge in [-0.2, -0.15) is 0 Å². The van der Waals surface area contributed by atoms with Crippen molar-refractivity contribution < 1.29 is 4.74 Å². The van der Waals surface area contributed by atoms with Crippen LogP contribution in [-0.4, -0.2) is 40.8 Å². The summed E-state index contributed by atoms with van der Waals surface area (Å²) < 4.78 is 7.45. The van der Waals surface area contributed by atoms with E-state index in [1.165, 1.54) is 25.7 Å². The fourth-order valence-corrected chi connectivity index (χ4v) is 2.17. The minimum absolute atomic E-state index is 0.534. The molecule has 1 aliphatic rings. The van der Waals surface area contributed by atoms with Crippen molar-refractivity contribution in [1.82, 2.24) is 20.3 Å². The molecule has 0 aliphatic carbocycles. The molecular formula is C12H22N4O. The lowest BCUT2D eigenvalue weighted by Gasteiger charge is -2.09. The first-order valence-electron chi connectivity index (χ1n) is 6.61. The summed E-state index contributed by atoms with van der Waals surface area (Å²) in [6, 6.07) is 0. The maximum atomic E-state index is 5.58. The molecule has 5 nitrogen and oxygen atoms in total. The van der Waals surface area contributed by atoms with Crippen LogP contribution in [0.5, 0.6) is 0 Å². The molecule has 2 heterocycles. The van der Waals surface area contributed by atoms with Crippen LogP contribution in [0.4, 0.5) is 0 Å². The Morgan fingerprint density at radius 3 is 3.06 bits per heavy atom. The van der Waals surface area contributed by atoms with Crippen molar-refractivity contribution in [2.75, 3.05) is 19.7 Å². The van der Waals surface area contributed by atoms with Crippen molar-refractivity contribution in [3.8, 4) is 0 Å². The van der Waals surface area contributed by atoms with E-state index in [-0.39, 0.29) is 0 Å². The van der Waals surface area contributed by atoms with Gasteiger partial charge in [0.1, 0.15) is 0 Å². The molecule has 1 aliphatic heterocycles. The van der Waals surface area contributed by atoms with Crippen molar-refractivity contribution in [2.45, 2.75) is 44.8 Å². The molecular weight excluding hydrogens is 216 g/mol. The average molecular weight is 238 g/mol. The van der Waals surface area contributed by atoms with E-state index >= 15 is 0 Å². The molecule has 0 radical (unpaired) electrons. The summed E-state index contributed by atoms with van der Waals surface area (Å²) in [5.41, 5.74) is 0. The summed E-state index contributed by atoms with van der Waals surface area (Å²) in [6.07, 6.45) is 10.2. The predicted molar refractivity (Wildman–Crippen MR) is 65.7 cm³/mol.